The maximum Gasteiger partial charge on any atom is 0.274 e. The number of nitrogens with two attached hydrogens (primary N) is 1. The van der Waals surface area contributed by atoms with Gasteiger partial charge in [-0.05, 0) is 30.6 Å². The summed E-state index contributed by atoms with van der Waals surface area (Å²) in [7, 11) is 1.80. The number of nitrogens with zero attached hydrogens (tertiary/aromatic N) is 3. The van der Waals surface area contributed by atoms with Crippen molar-refractivity contribution in [1.82, 2.24) is 14.7 Å². The second-order valence-electron chi connectivity index (χ2n) is 7.12. The number of piperidine rings is 1. The molecule has 21 heavy (non-hydrogen) atoms. The highest BCUT2D eigenvalue weighted by atomic mass is 16.2. The highest BCUT2D eigenvalue weighted by Crippen LogP contribution is 2.34. The molecule has 1 aliphatic rings. The van der Waals surface area contributed by atoms with Crippen LogP contribution < -0.4 is 5.73 Å². The number of hydrogen-bond donors (Lipinski definition) is 1. The molecular formula is C16H28N4O. The van der Waals surface area contributed by atoms with Gasteiger partial charge in [0, 0.05) is 20.1 Å². The van der Waals surface area contributed by atoms with Crippen molar-refractivity contribution in [1.29, 1.82) is 0 Å². The van der Waals surface area contributed by atoms with Gasteiger partial charge in [-0.2, -0.15) is 5.10 Å². The molecule has 0 aliphatic carbocycles. The monoisotopic (exact) mass is 292 g/mol. The highest BCUT2D eigenvalue weighted by molar-refractivity contribution is 5.98. The van der Waals surface area contributed by atoms with Crippen molar-refractivity contribution in [3.05, 3.63) is 11.4 Å². The smallest absolute Gasteiger partial charge is 0.274 e. The fourth-order valence-corrected chi connectivity index (χ4v) is 3.21. The molecule has 0 aromatic carbocycles. The Morgan fingerprint density at radius 3 is 2.33 bits per heavy atom. The van der Waals surface area contributed by atoms with Crippen LogP contribution in [0, 0.1) is 11.3 Å². The molecule has 0 spiro atoms. The SMILES string of the molecule is CCc1nn(C)c(C(=O)N2CCC(C(C)(C)C)CC2)c1N. The van der Waals surface area contributed by atoms with Crippen molar-refractivity contribution >= 4 is 11.6 Å². The van der Waals surface area contributed by atoms with E-state index in [9.17, 15) is 4.79 Å². The van der Waals surface area contributed by atoms with E-state index in [1.165, 1.54) is 0 Å². The summed E-state index contributed by atoms with van der Waals surface area (Å²) in [5, 5.41) is 4.34. The van der Waals surface area contributed by atoms with E-state index in [2.05, 4.69) is 25.9 Å². The quantitative estimate of drug-likeness (QED) is 0.910. The Kier molecular flexibility index (Phi) is 4.30. The summed E-state index contributed by atoms with van der Waals surface area (Å²) in [6.45, 7) is 10.5. The Morgan fingerprint density at radius 2 is 1.90 bits per heavy atom. The topological polar surface area (TPSA) is 64.2 Å². The van der Waals surface area contributed by atoms with Gasteiger partial charge in [-0.3, -0.25) is 9.48 Å². The molecular weight excluding hydrogens is 264 g/mol. The number of carbonyl (C=O) groups excluding carboxylic acids is 1. The van der Waals surface area contributed by atoms with E-state index in [1.54, 1.807) is 11.7 Å². The van der Waals surface area contributed by atoms with Gasteiger partial charge < -0.3 is 10.6 Å². The maximum absolute atomic E-state index is 12.7. The number of anilines is 1. The average molecular weight is 292 g/mol. The van der Waals surface area contributed by atoms with Crippen LogP contribution >= 0.6 is 0 Å². The first-order valence-electron chi connectivity index (χ1n) is 7.86. The average Bonchev–Trinajstić information content (AvgIpc) is 2.72. The Morgan fingerprint density at radius 1 is 1.33 bits per heavy atom. The summed E-state index contributed by atoms with van der Waals surface area (Å²) in [4.78, 5) is 14.6. The minimum absolute atomic E-state index is 0.0227. The van der Waals surface area contributed by atoms with Crippen molar-refractivity contribution in [2.45, 2.75) is 47.0 Å². The third-order valence-corrected chi connectivity index (χ3v) is 4.70. The number of hydrogen-bond acceptors (Lipinski definition) is 3. The summed E-state index contributed by atoms with van der Waals surface area (Å²) in [5.41, 5.74) is 8.30. The Balaban J connectivity index is 2.11. The van der Waals surface area contributed by atoms with E-state index in [4.69, 9.17) is 5.73 Å². The summed E-state index contributed by atoms with van der Waals surface area (Å²) in [5.74, 6) is 0.700. The molecule has 1 fully saturated rings. The van der Waals surface area contributed by atoms with E-state index in [-0.39, 0.29) is 5.91 Å². The van der Waals surface area contributed by atoms with Crippen LogP contribution in [0.5, 0.6) is 0 Å². The van der Waals surface area contributed by atoms with Crippen molar-refractivity contribution in [3.63, 3.8) is 0 Å². The Bertz CT molecular complexity index is 519. The second-order valence-corrected chi connectivity index (χ2v) is 7.12. The van der Waals surface area contributed by atoms with E-state index in [1.807, 2.05) is 11.8 Å². The molecule has 1 saturated heterocycles. The van der Waals surface area contributed by atoms with Crippen LogP contribution in [0.4, 0.5) is 5.69 Å². The lowest BCUT2D eigenvalue weighted by molar-refractivity contribution is 0.0599. The number of nitrogen functional groups attached to an aromatic ring is 1. The second kappa shape index (κ2) is 5.70. The summed E-state index contributed by atoms with van der Waals surface area (Å²) in [6.07, 6.45) is 2.88. The zero-order chi connectivity index (χ0) is 15.8. The van der Waals surface area contributed by atoms with Crippen molar-refractivity contribution in [3.8, 4) is 0 Å². The third-order valence-electron chi connectivity index (χ3n) is 4.70. The number of likely N-dealkylation sites (tertiary alicyclic amines) is 1. The number of carbonyl (C=O) groups is 1. The van der Waals surface area contributed by atoms with Crippen LogP contribution in [0.25, 0.3) is 0 Å². The summed E-state index contributed by atoms with van der Waals surface area (Å²) in [6, 6.07) is 0. The predicted molar refractivity (Wildman–Crippen MR) is 85.1 cm³/mol. The van der Waals surface area contributed by atoms with Gasteiger partial charge >= 0.3 is 0 Å². The molecule has 0 unspecified atom stereocenters. The lowest BCUT2D eigenvalue weighted by Gasteiger charge is -2.38. The minimum Gasteiger partial charge on any atom is -0.395 e. The largest absolute Gasteiger partial charge is 0.395 e. The normalized spacial score (nSPS) is 17.3. The standard InChI is InChI=1S/C16H28N4O/c1-6-12-13(17)14(19(5)18-12)15(21)20-9-7-11(8-10-20)16(2,3)4/h11H,6-10,17H2,1-5H3. The lowest BCUT2D eigenvalue weighted by Crippen LogP contribution is -2.42. The molecule has 1 aromatic heterocycles. The predicted octanol–water partition coefficient (Wildman–Crippen LogP) is 2.46. The van der Waals surface area contributed by atoms with Gasteiger partial charge in [0.25, 0.3) is 5.91 Å². The van der Waals surface area contributed by atoms with E-state index >= 15 is 0 Å². The molecule has 0 radical (unpaired) electrons. The molecule has 2 heterocycles. The van der Waals surface area contributed by atoms with Crippen molar-refractivity contribution in [2.24, 2.45) is 18.4 Å². The van der Waals surface area contributed by atoms with Crippen LogP contribution in [0.1, 0.15) is 56.7 Å². The highest BCUT2D eigenvalue weighted by Gasteiger charge is 2.32. The Hall–Kier alpha value is -1.52. The molecule has 1 aromatic rings. The van der Waals surface area contributed by atoms with Crippen molar-refractivity contribution in [2.75, 3.05) is 18.8 Å². The van der Waals surface area contributed by atoms with Gasteiger partial charge in [-0.1, -0.05) is 27.7 Å². The van der Waals surface area contributed by atoms with Crippen LogP contribution in [-0.2, 0) is 13.5 Å². The molecule has 5 heteroatoms. The molecule has 118 valence electrons. The number of rotatable bonds is 2. The summed E-state index contributed by atoms with van der Waals surface area (Å²) >= 11 is 0. The lowest BCUT2D eigenvalue weighted by atomic mass is 9.75. The molecule has 0 bridgehead atoms. The molecule has 2 N–H and O–H groups in total. The molecule has 1 amide bonds. The molecule has 2 rings (SSSR count). The van der Waals surface area contributed by atoms with Crippen molar-refractivity contribution < 1.29 is 4.79 Å². The van der Waals surface area contributed by atoms with Crippen LogP contribution in [-0.4, -0.2) is 33.7 Å². The molecule has 0 saturated carbocycles. The minimum atomic E-state index is 0.0227. The van der Waals surface area contributed by atoms with Gasteiger partial charge in [-0.15, -0.1) is 0 Å². The van der Waals surface area contributed by atoms with E-state index in [0.29, 0.717) is 22.7 Å². The fraction of sp³-hybridized carbons (Fsp3) is 0.750. The molecule has 1 aliphatic heterocycles. The first kappa shape index (κ1) is 15.9. The zero-order valence-corrected chi connectivity index (χ0v) is 13.9. The van der Waals surface area contributed by atoms with Gasteiger partial charge in [-0.25, -0.2) is 0 Å². The zero-order valence-electron chi connectivity index (χ0n) is 13.9. The molecule has 0 atom stereocenters. The maximum atomic E-state index is 12.7. The van der Waals surface area contributed by atoms with Gasteiger partial charge in [0.15, 0.2) is 0 Å². The van der Waals surface area contributed by atoms with Crippen LogP contribution in [0.15, 0.2) is 0 Å². The van der Waals surface area contributed by atoms with E-state index in [0.717, 1.165) is 38.0 Å². The number of amides is 1. The third kappa shape index (κ3) is 3.06. The summed E-state index contributed by atoms with van der Waals surface area (Å²) < 4.78 is 1.63. The Labute approximate surface area is 127 Å². The van der Waals surface area contributed by atoms with Gasteiger partial charge in [0.1, 0.15) is 5.69 Å². The fourth-order valence-electron chi connectivity index (χ4n) is 3.21. The molecule has 5 nitrogen and oxygen atoms in total. The first-order valence-corrected chi connectivity index (χ1v) is 7.86. The van der Waals surface area contributed by atoms with Gasteiger partial charge in [0.05, 0.1) is 11.4 Å². The number of aryl methyl sites for hydroxylation is 2. The van der Waals surface area contributed by atoms with Crippen LogP contribution in [0.2, 0.25) is 0 Å². The first-order chi connectivity index (χ1) is 9.75. The number of aromatic nitrogens is 2. The van der Waals surface area contributed by atoms with Crippen LogP contribution in [0.3, 0.4) is 0 Å². The van der Waals surface area contributed by atoms with Gasteiger partial charge in [0.2, 0.25) is 0 Å². The van der Waals surface area contributed by atoms with E-state index < -0.39 is 0 Å².